The smallest absolute Gasteiger partial charge is 0.249 e. The van der Waals surface area contributed by atoms with Crippen molar-refractivity contribution in [2.75, 3.05) is 18.4 Å². The lowest BCUT2D eigenvalue weighted by atomic mass is 10.0. The van der Waals surface area contributed by atoms with Gasteiger partial charge in [-0.1, -0.05) is 12.1 Å². The molecule has 1 unspecified atom stereocenters. The largest absolute Gasteiger partial charge is 0.374 e. The van der Waals surface area contributed by atoms with Gasteiger partial charge in [0, 0.05) is 24.7 Å². The number of nitrogens with zero attached hydrogens (tertiary/aromatic N) is 1. The summed E-state index contributed by atoms with van der Waals surface area (Å²) in [5, 5.41) is 5.55. The van der Waals surface area contributed by atoms with E-state index in [2.05, 4.69) is 27.7 Å². The van der Waals surface area contributed by atoms with E-state index in [1.54, 1.807) is 0 Å². The summed E-state index contributed by atoms with van der Waals surface area (Å²) in [4.78, 5) is 25.3. The zero-order valence-corrected chi connectivity index (χ0v) is 13.3. The Hall–Kier alpha value is -1.92. The van der Waals surface area contributed by atoms with Crippen molar-refractivity contribution in [2.24, 2.45) is 5.73 Å². The van der Waals surface area contributed by atoms with Gasteiger partial charge in [-0.3, -0.25) is 19.8 Å². The fourth-order valence-electron chi connectivity index (χ4n) is 3.11. The molecule has 0 aliphatic carbocycles. The number of carbonyl (C=O) groups is 2. The first-order valence-electron chi connectivity index (χ1n) is 8.27. The highest BCUT2D eigenvalue weighted by molar-refractivity contribution is 6.01. The Balaban J connectivity index is 1.53. The zero-order valence-electron chi connectivity index (χ0n) is 13.3. The fourth-order valence-corrected chi connectivity index (χ4v) is 3.11. The Morgan fingerprint density at radius 1 is 1.13 bits per heavy atom. The minimum absolute atomic E-state index is 0.190. The molecule has 23 heavy (non-hydrogen) atoms. The molecule has 2 aliphatic rings. The van der Waals surface area contributed by atoms with Crippen LogP contribution in [-0.2, 0) is 16.1 Å². The first kappa shape index (κ1) is 16.0. The molecule has 0 radical (unpaired) electrons. The van der Waals surface area contributed by atoms with E-state index in [-0.39, 0.29) is 17.9 Å². The van der Waals surface area contributed by atoms with E-state index in [1.165, 1.54) is 5.56 Å². The number of amides is 2. The predicted molar refractivity (Wildman–Crippen MR) is 88.7 cm³/mol. The molecule has 0 saturated carbocycles. The number of nitrogens with one attached hydrogen (secondary N) is 2. The molecular weight excluding hydrogens is 292 g/mol. The van der Waals surface area contributed by atoms with E-state index < -0.39 is 0 Å². The molecule has 2 amide bonds. The molecule has 2 heterocycles. The normalized spacial score (nSPS) is 23.6. The third-order valence-corrected chi connectivity index (χ3v) is 4.57. The Labute approximate surface area is 136 Å². The van der Waals surface area contributed by atoms with Crippen LogP contribution < -0.4 is 16.4 Å². The molecule has 4 N–H and O–H groups in total. The topological polar surface area (TPSA) is 87.5 Å². The summed E-state index contributed by atoms with van der Waals surface area (Å²) >= 11 is 0. The van der Waals surface area contributed by atoms with Crippen LogP contribution in [0.2, 0.25) is 0 Å². The van der Waals surface area contributed by atoms with E-state index >= 15 is 0 Å². The number of likely N-dealkylation sites (tertiary alicyclic amines) is 1. The second-order valence-corrected chi connectivity index (χ2v) is 6.46. The molecule has 0 spiro atoms. The second kappa shape index (κ2) is 7.10. The maximum atomic E-state index is 11.8. The minimum atomic E-state index is -0.331. The van der Waals surface area contributed by atoms with Crippen molar-refractivity contribution in [3.63, 3.8) is 0 Å². The maximum Gasteiger partial charge on any atom is 0.249 e. The molecule has 6 heteroatoms. The summed E-state index contributed by atoms with van der Waals surface area (Å²) in [6, 6.07) is 8.18. The van der Waals surface area contributed by atoms with Crippen LogP contribution in [0.4, 0.5) is 5.69 Å². The van der Waals surface area contributed by atoms with Gasteiger partial charge < -0.3 is 11.1 Å². The third-order valence-electron chi connectivity index (χ3n) is 4.57. The van der Waals surface area contributed by atoms with Gasteiger partial charge in [-0.15, -0.1) is 0 Å². The van der Waals surface area contributed by atoms with E-state index in [0.29, 0.717) is 18.9 Å². The number of carbonyl (C=O) groups excluding carboxylic acids is 2. The molecule has 6 nitrogen and oxygen atoms in total. The van der Waals surface area contributed by atoms with Crippen LogP contribution in [0, 0.1) is 0 Å². The molecule has 2 fully saturated rings. The van der Waals surface area contributed by atoms with Gasteiger partial charge in [-0.25, -0.2) is 0 Å². The van der Waals surface area contributed by atoms with Gasteiger partial charge in [0.25, 0.3) is 0 Å². The number of nitrogens with two attached hydrogens (primary N) is 1. The molecule has 1 aromatic carbocycles. The number of anilines is 1. The molecule has 2 saturated heterocycles. The molecule has 3 rings (SSSR count). The monoisotopic (exact) mass is 316 g/mol. The number of imide groups is 1. The van der Waals surface area contributed by atoms with E-state index in [0.717, 1.165) is 38.2 Å². The lowest BCUT2D eigenvalue weighted by molar-refractivity contribution is -0.133. The Kier molecular flexibility index (Phi) is 4.93. The lowest BCUT2D eigenvalue weighted by Crippen LogP contribution is -2.47. The van der Waals surface area contributed by atoms with Gasteiger partial charge in [0.15, 0.2) is 0 Å². The summed E-state index contributed by atoms with van der Waals surface area (Å²) in [7, 11) is 0. The molecule has 124 valence electrons. The van der Waals surface area contributed by atoms with Gasteiger partial charge in [-0.05, 0) is 50.0 Å². The highest BCUT2D eigenvalue weighted by Crippen LogP contribution is 2.17. The summed E-state index contributed by atoms with van der Waals surface area (Å²) in [5.74, 6) is -0.431. The van der Waals surface area contributed by atoms with Gasteiger partial charge in [0.2, 0.25) is 11.8 Å². The van der Waals surface area contributed by atoms with Crippen LogP contribution in [0.5, 0.6) is 0 Å². The first-order chi connectivity index (χ1) is 11.1. The standard InChI is InChI=1S/C17H24N4O2/c18-13-7-9-21(10-8-13)11-12-1-3-14(4-2-12)19-15-5-6-16(22)20-17(15)23/h1-4,13,15,19H,5-11,18H2,(H,20,22,23). The SMILES string of the molecule is NC1CCN(Cc2ccc(NC3CCC(=O)NC3=O)cc2)CC1. The van der Waals surface area contributed by atoms with E-state index in [4.69, 9.17) is 5.73 Å². The van der Waals surface area contributed by atoms with E-state index in [9.17, 15) is 9.59 Å². The molecule has 0 bridgehead atoms. The maximum absolute atomic E-state index is 11.8. The third kappa shape index (κ3) is 4.30. The van der Waals surface area contributed by atoms with E-state index in [1.807, 2.05) is 12.1 Å². The van der Waals surface area contributed by atoms with Gasteiger partial charge in [-0.2, -0.15) is 0 Å². The van der Waals surface area contributed by atoms with Crippen molar-refractivity contribution in [3.8, 4) is 0 Å². The van der Waals surface area contributed by atoms with Crippen molar-refractivity contribution in [1.82, 2.24) is 10.2 Å². The number of hydrogen-bond acceptors (Lipinski definition) is 5. The lowest BCUT2D eigenvalue weighted by Gasteiger charge is -2.30. The van der Waals surface area contributed by atoms with Crippen LogP contribution in [-0.4, -0.2) is 41.9 Å². The quantitative estimate of drug-likeness (QED) is 0.716. The highest BCUT2D eigenvalue weighted by Gasteiger charge is 2.26. The fraction of sp³-hybridized carbons (Fsp3) is 0.529. The van der Waals surface area contributed by atoms with Crippen molar-refractivity contribution in [2.45, 2.75) is 44.3 Å². The van der Waals surface area contributed by atoms with Crippen LogP contribution in [0.15, 0.2) is 24.3 Å². The summed E-state index contributed by atoms with van der Waals surface area (Å²) in [6.07, 6.45) is 3.06. The van der Waals surface area contributed by atoms with Crippen LogP contribution >= 0.6 is 0 Å². The summed E-state index contributed by atoms with van der Waals surface area (Å²) in [6.45, 7) is 3.04. The second-order valence-electron chi connectivity index (χ2n) is 6.46. The van der Waals surface area contributed by atoms with Gasteiger partial charge >= 0.3 is 0 Å². The number of piperidine rings is 2. The van der Waals surface area contributed by atoms with Gasteiger partial charge in [0.05, 0.1) is 0 Å². The van der Waals surface area contributed by atoms with Crippen LogP contribution in [0.1, 0.15) is 31.2 Å². The molecule has 1 aromatic rings. The Morgan fingerprint density at radius 3 is 2.48 bits per heavy atom. The van der Waals surface area contributed by atoms with Crippen LogP contribution in [0.3, 0.4) is 0 Å². The highest BCUT2D eigenvalue weighted by atomic mass is 16.2. The van der Waals surface area contributed by atoms with Crippen molar-refractivity contribution < 1.29 is 9.59 Å². The van der Waals surface area contributed by atoms with Crippen molar-refractivity contribution in [1.29, 1.82) is 0 Å². The molecular formula is C17H24N4O2. The van der Waals surface area contributed by atoms with Crippen LogP contribution in [0.25, 0.3) is 0 Å². The average Bonchev–Trinajstić information content (AvgIpc) is 2.54. The zero-order chi connectivity index (χ0) is 16.2. The summed E-state index contributed by atoms with van der Waals surface area (Å²) in [5.41, 5.74) is 8.10. The molecule has 1 atom stereocenters. The minimum Gasteiger partial charge on any atom is -0.374 e. The number of benzene rings is 1. The Bertz CT molecular complexity index is 564. The van der Waals surface area contributed by atoms with Crippen molar-refractivity contribution in [3.05, 3.63) is 29.8 Å². The number of rotatable bonds is 4. The first-order valence-corrected chi connectivity index (χ1v) is 8.27. The molecule has 2 aliphatic heterocycles. The molecule has 0 aromatic heterocycles. The van der Waals surface area contributed by atoms with Crippen molar-refractivity contribution >= 4 is 17.5 Å². The average molecular weight is 316 g/mol. The Morgan fingerprint density at radius 2 is 1.83 bits per heavy atom. The summed E-state index contributed by atoms with van der Waals surface area (Å²) < 4.78 is 0. The number of hydrogen-bond donors (Lipinski definition) is 3. The predicted octanol–water partition coefficient (Wildman–Crippen LogP) is 0.827. The van der Waals surface area contributed by atoms with Gasteiger partial charge in [0.1, 0.15) is 6.04 Å².